The molecule has 0 bridgehead atoms. The molecule has 0 saturated heterocycles. The summed E-state index contributed by atoms with van der Waals surface area (Å²) in [5, 5.41) is 2.83. The first-order chi connectivity index (χ1) is 21.2. The number of ether oxygens (including phenoxy) is 3. The zero-order chi connectivity index (χ0) is 32.6. The first-order valence-corrected chi connectivity index (χ1v) is 19.0. The minimum Gasteiger partial charge on any atom is -0.790 e. The van der Waals surface area contributed by atoms with E-state index in [1.165, 1.54) is 103 Å². The molecule has 0 aliphatic rings. The van der Waals surface area contributed by atoms with Gasteiger partial charge in [-0.1, -0.05) is 129 Å². The summed E-state index contributed by atoms with van der Waals surface area (Å²) >= 11 is 0. The van der Waals surface area contributed by atoms with Gasteiger partial charge in [0.15, 0.2) is 0 Å². The average molecular weight is 696 g/mol. The van der Waals surface area contributed by atoms with Crippen molar-refractivity contribution in [3.05, 3.63) is 0 Å². The van der Waals surface area contributed by atoms with Gasteiger partial charge in [-0.25, -0.2) is 0 Å². The molecule has 0 radical (unpaired) electrons. The van der Waals surface area contributed by atoms with Gasteiger partial charge >= 0.3 is 65.1 Å². The standard InChI is InChI=1S/C33H66NO9P.2Na/c1-3-4-5-6-7-8-10-13-16-19-22-25-33(36)43-32(29-42-44(37,38)39)28-41-30-40-27-24-21-18-15-12-9-11-14-17-20-23-26-34-31(2)35;;/h32H,3-30H2,1-2H3,(H,34,35)(H2,37,38,39);;/q;2*+1/p-2/t32-;;/m1../s1. The van der Waals surface area contributed by atoms with E-state index in [1.807, 2.05) is 0 Å². The molecular formula is C33H64NNa2O9P. The van der Waals surface area contributed by atoms with Crippen LogP contribution in [0.25, 0.3) is 0 Å². The van der Waals surface area contributed by atoms with Gasteiger partial charge < -0.3 is 38.4 Å². The Kier molecular flexibility index (Phi) is 43.3. The Hall–Kier alpha value is 0.970. The Morgan fingerprint density at radius 1 is 0.652 bits per heavy atom. The summed E-state index contributed by atoms with van der Waals surface area (Å²) < 4.78 is 31.4. The Labute approximate surface area is 325 Å². The van der Waals surface area contributed by atoms with Crippen LogP contribution in [0.5, 0.6) is 0 Å². The van der Waals surface area contributed by atoms with Crippen LogP contribution in [0.4, 0.5) is 0 Å². The maximum absolute atomic E-state index is 12.2. The molecule has 0 saturated carbocycles. The number of unbranched alkanes of at least 4 members (excludes halogenated alkanes) is 20. The molecule has 0 unspecified atom stereocenters. The SMILES string of the molecule is CCCCCCCCCCCCCC(=O)O[C@H](COCOCCCCCCCCCCCCCNC(C)=O)COP(=O)([O-])[O-].[Na+].[Na+]. The smallest absolute Gasteiger partial charge is 0.790 e. The number of nitrogens with one attached hydrogen (secondary N) is 1. The summed E-state index contributed by atoms with van der Waals surface area (Å²) in [6, 6.07) is 0. The van der Waals surface area contributed by atoms with Gasteiger partial charge in [-0.2, -0.15) is 0 Å². The van der Waals surface area contributed by atoms with Crippen LogP contribution in [-0.4, -0.2) is 51.1 Å². The average Bonchev–Trinajstić information content (AvgIpc) is 2.97. The molecule has 262 valence electrons. The largest absolute Gasteiger partial charge is 1.00 e. The van der Waals surface area contributed by atoms with Gasteiger partial charge in [-0.05, 0) is 19.3 Å². The topological polar surface area (TPSA) is 146 Å². The number of hydrogen-bond donors (Lipinski definition) is 1. The molecule has 1 amide bonds. The maximum atomic E-state index is 12.2. The van der Waals surface area contributed by atoms with Gasteiger partial charge in [-0.3, -0.25) is 9.59 Å². The number of phosphoric acid groups is 1. The molecule has 1 N–H and O–H groups in total. The summed E-state index contributed by atoms with van der Waals surface area (Å²) in [6.07, 6.45) is 25.1. The van der Waals surface area contributed by atoms with E-state index in [-0.39, 0.29) is 84.8 Å². The quantitative estimate of drug-likeness (QED) is 0.0341. The van der Waals surface area contributed by atoms with Gasteiger partial charge in [-0.15, -0.1) is 0 Å². The van der Waals surface area contributed by atoms with Crippen molar-refractivity contribution in [1.82, 2.24) is 5.32 Å². The van der Waals surface area contributed by atoms with Crippen LogP contribution in [0.1, 0.15) is 162 Å². The fraction of sp³-hybridized carbons (Fsp3) is 0.939. The van der Waals surface area contributed by atoms with E-state index in [0.29, 0.717) is 13.0 Å². The second-order valence-electron chi connectivity index (χ2n) is 11.9. The van der Waals surface area contributed by atoms with Gasteiger partial charge in [0.2, 0.25) is 5.91 Å². The van der Waals surface area contributed by atoms with Crippen LogP contribution >= 0.6 is 7.82 Å². The predicted octanol–water partition coefficient (Wildman–Crippen LogP) is 0.871. The van der Waals surface area contributed by atoms with Crippen molar-refractivity contribution in [3.63, 3.8) is 0 Å². The second kappa shape index (κ2) is 38.8. The Bertz CT molecular complexity index is 717. The summed E-state index contributed by atoms with van der Waals surface area (Å²) in [7, 11) is -5.18. The minimum absolute atomic E-state index is 0. The summed E-state index contributed by atoms with van der Waals surface area (Å²) in [5.41, 5.74) is 0. The molecule has 1 atom stereocenters. The number of carbonyl (C=O) groups is 2. The fourth-order valence-corrected chi connectivity index (χ4v) is 5.30. The number of hydrogen-bond acceptors (Lipinski definition) is 9. The Morgan fingerprint density at radius 3 is 1.59 bits per heavy atom. The third-order valence-electron chi connectivity index (χ3n) is 7.51. The second-order valence-corrected chi connectivity index (χ2v) is 13.1. The van der Waals surface area contributed by atoms with E-state index < -0.39 is 26.5 Å². The Morgan fingerprint density at radius 2 is 1.11 bits per heavy atom. The molecule has 0 aromatic rings. The van der Waals surface area contributed by atoms with Crippen LogP contribution < -0.4 is 74.2 Å². The van der Waals surface area contributed by atoms with E-state index in [0.717, 1.165) is 38.6 Å². The number of rotatable bonds is 34. The summed E-state index contributed by atoms with van der Waals surface area (Å²) in [6.45, 7) is 4.42. The molecule has 0 fully saturated rings. The van der Waals surface area contributed by atoms with Gasteiger partial charge in [0.05, 0.1) is 21.0 Å². The molecule has 0 spiro atoms. The Balaban J connectivity index is -0.00000924. The van der Waals surface area contributed by atoms with Crippen molar-refractivity contribution in [2.45, 2.75) is 168 Å². The molecule has 0 aliphatic heterocycles. The van der Waals surface area contributed by atoms with Crippen molar-refractivity contribution in [2.24, 2.45) is 0 Å². The number of esters is 1. The van der Waals surface area contributed by atoms with Gasteiger partial charge in [0, 0.05) is 26.5 Å². The van der Waals surface area contributed by atoms with Gasteiger partial charge in [0.1, 0.15) is 12.9 Å². The molecule has 0 heterocycles. The van der Waals surface area contributed by atoms with E-state index >= 15 is 0 Å². The molecule has 46 heavy (non-hydrogen) atoms. The van der Waals surface area contributed by atoms with Crippen molar-refractivity contribution in [3.8, 4) is 0 Å². The van der Waals surface area contributed by atoms with Crippen LogP contribution in [0.3, 0.4) is 0 Å². The number of amides is 1. The number of carbonyl (C=O) groups excluding carboxylic acids is 2. The molecule has 0 aliphatic carbocycles. The van der Waals surface area contributed by atoms with E-state index in [1.54, 1.807) is 6.92 Å². The van der Waals surface area contributed by atoms with Gasteiger partial charge in [0.25, 0.3) is 0 Å². The van der Waals surface area contributed by atoms with E-state index in [4.69, 9.17) is 14.2 Å². The van der Waals surface area contributed by atoms with Crippen molar-refractivity contribution in [2.75, 3.05) is 33.2 Å². The van der Waals surface area contributed by atoms with Crippen molar-refractivity contribution < 1.29 is 102 Å². The normalized spacial score (nSPS) is 11.8. The van der Waals surface area contributed by atoms with Crippen LogP contribution in [0, 0.1) is 0 Å². The van der Waals surface area contributed by atoms with Crippen LogP contribution in [-0.2, 0) is 32.9 Å². The summed E-state index contributed by atoms with van der Waals surface area (Å²) in [5.74, 6) is -0.410. The molecule has 13 heteroatoms. The first kappa shape index (κ1) is 51.3. The third kappa shape index (κ3) is 43.0. The molecule has 0 aromatic heterocycles. The van der Waals surface area contributed by atoms with Crippen LogP contribution in [0.2, 0.25) is 0 Å². The molecular weight excluding hydrogens is 631 g/mol. The first-order valence-electron chi connectivity index (χ1n) is 17.5. The third-order valence-corrected chi connectivity index (χ3v) is 7.98. The maximum Gasteiger partial charge on any atom is 1.00 e. The van der Waals surface area contributed by atoms with Crippen molar-refractivity contribution in [1.29, 1.82) is 0 Å². The summed E-state index contributed by atoms with van der Waals surface area (Å²) in [4.78, 5) is 44.8. The zero-order valence-corrected chi connectivity index (χ0v) is 34.9. The van der Waals surface area contributed by atoms with Crippen molar-refractivity contribution >= 4 is 19.7 Å². The molecule has 0 aromatic carbocycles. The molecule has 10 nitrogen and oxygen atoms in total. The number of phosphoric ester groups is 1. The fourth-order valence-electron chi connectivity index (χ4n) is 4.95. The minimum atomic E-state index is -5.18. The monoisotopic (exact) mass is 695 g/mol. The van der Waals surface area contributed by atoms with Crippen LogP contribution in [0.15, 0.2) is 0 Å². The zero-order valence-electron chi connectivity index (χ0n) is 30.0. The van der Waals surface area contributed by atoms with E-state index in [9.17, 15) is 23.9 Å². The van der Waals surface area contributed by atoms with E-state index in [2.05, 4.69) is 16.8 Å². The predicted molar refractivity (Wildman–Crippen MR) is 171 cm³/mol. The molecule has 0 rings (SSSR count).